The standard InChI is InChI=1S/C15H14BrNO5/c1-4-20-13-7-10(5-11(16)14(13)22-9(3)18)6-12-15(19)21-8(2)17-12/h5-7H,4H2,1-3H3/b12-6+. The van der Waals surface area contributed by atoms with E-state index in [9.17, 15) is 9.59 Å². The van der Waals surface area contributed by atoms with Gasteiger partial charge < -0.3 is 14.2 Å². The van der Waals surface area contributed by atoms with Gasteiger partial charge in [-0.25, -0.2) is 9.79 Å². The van der Waals surface area contributed by atoms with Gasteiger partial charge in [0.1, 0.15) is 0 Å². The zero-order valence-electron chi connectivity index (χ0n) is 12.3. The molecule has 1 aliphatic rings. The van der Waals surface area contributed by atoms with Gasteiger partial charge in [0.25, 0.3) is 0 Å². The van der Waals surface area contributed by atoms with Crippen molar-refractivity contribution in [3.63, 3.8) is 0 Å². The first-order valence-corrected chi connectivity index (χ1v) is 7.34. The predicted molar refractivity (Wildman–Crippen MR) is 83.8 cm³/mol. The van der Waals surface area contributed by atoms with E-state index in [2.05, 4.69) is 20.9 Å². The summed E-state index contributed by atoms with van der Waals surface area (Å²) in [4.78, 5) is 26.8. The van der Waals surface area contributed by atoms with Crippen LogP contribution in [0.2, 0.25) is 0 Å². The van der Waals surface area contributed by atoms with Gasteiger partial charge in [-0.05, 0) is 46.6 Å². The average molecular weight is 368 g/mol. The smallest absolute Gasteiger partial charge is 0.363 e. The summed E-state index contributed by atoms with van der Waals surface area (Å²) in [5.41, 5.74) is 0.865. The molecule has 116 valence electrons. The third kappa shape index (κ3) is 3.73. The van der Waals surface area contributed by atoms with Gasteiger partial charge in [0, 0.05) is 13.8 Å². The number of carbonyl (C=O) groups is 2. The number of halogens is 1. The fourth-order valence-corrected chi connectivity index (χ4v) is 2.39. The van der Waals surface area contributed by atoms with Gasteiger partial charge in [-0.1, -0.05) is 0 Å². The van der Waals surface area contributed by atoms with Crippen molar-refractivity contribution in [2.75, 3.05) is 6.61 Å². The highest BCUT2D eigenvalue weighted by atomic mass is 79.9. The minimum atomic E-state index is -0.504. The van der Waals surface area contributed by atoms with Gasteiger partial charge in [0.05, 0.1) is 11.1 Å². The molecule has 0 aliphatic carbocycles. The Morgan fingerprint density at radius 2 is 2.18 bits per heavy atom. The quantitative estimate of drug-likeness (QED) is 0.464. The SMILES string of the molecule is CCOc1cc(/C=C2/N=C(C)OC2=O)cc(Br)c1OC(C)=O. The second-order valence-electron chi connectivity index (χ2n) is 4.41. The van der Waals surface area contributed by atoms with E-state index >= 15 is 0 Å². The molecule has 0 aromatic heterocycles. The van der Waals surface area contributed by atoms with Crippen molar-refractivity contribution < 1.29 is 23.8 Å². The van der Waals surface area contributed by atoms with Crippen LogP contribution in [0.15, 0.2) is 27.3 Å². The molecule has 22 heavy (non-hydrogen) atoms. The summed E-state index contributed by atoms with van der Waals surface area (Å²) in [7, 11) is 0. The van der Waals surface area contributed by atoms with Crippen LogP contribution in [0, 0.1) is 0 Å². The lowest BCUT2D eigenvalue weighted by molar-refractivity contribution is -0.132. The molecule has 0 unspecified atom stereocenters. The minimum absolute atomic E-state index is 0.201. The van der Waals surface area contributed by atoms with Crippen LogP contribution in [0.25, 0.3) is 6.08 Å². The van der Waals surface area contributed by atoms with Gasteiger partial charge in [0.15, 0.2) is 23.1 Å². The van der Waals surface area contributed by atoms with Gasteiger partial charge in [-0.2, -0.15) is 0 Å². The fourth-order valence-electron chi connectivity index (χ4n) is 1.85. The number of cyclic esters (lactones) is 1. The zero-order chi connectivity index (χ0) is 16.3. The first-order chi connectivity index (χ1) is 10.4. The second kappa shape index (κ2) is 6.74. The summed E-state index contributed by atoms with van der Waals surface area (Å²) in [5.74, 6) is 0.0380. The van der Waals surface area contributed by atoms with Crippen molar-refractivity contribution in [2.24, 2.45) is 4.99 Å². The maximum absolute atomic E-state index is 11.6. The molecule has 1 aromatic carbocycles. The minimum Gasteiger partial charge on any atom is -0.490 e. The van der Waals surface area contributed by atoms with Crippen molar-refractivity contribution in [1.29, 1.82) is 0 Å². The molecule has 1 aliphatic heterocycles. The molecular formula is C15H14BrNO5. The van der Waals surface area contributed by atoms with E-state index in [1.54, 1.807) is 25.1 Å². The van der Waals surface area contributed by atoms with E-state index < -0.39 is 11.9 Å². The van der Waals surface area contributed by atoms with Gasteiger partial charge in [0.2, 0.25) is 0 Å². The fraction of sp³-hybridized carbons (Fsp3) is 0.267. The molecule has 6 nitrogen and oxygen atoms in total. The number of aliphatic imine (C=N–C) groups is 1. The summed E-state index contributed by atoms with van der Waals surface area (Å²) < 4.78 is 16.0. The van der Waals surface area contributed by atoms with Crippen LogP contribution in [-0.4, -0.2) is 24.4 Å². The Balaban J connectivity index is 2.44. The first-order valence-electron chi connectivity index (χ1n) is 6.54. The zero-order valence-corrected chi connectivity index (χ0v) is 13.9. The van der Waals surface area contributed by atoms with Crippen LogP contribution in [0.4, 0.5) is 0 Å². The summed E-state index contributed by atoms with van der Waals surface area (Å²) in [6, 6.07) is 3.36. The van der Waals surface area contributed by atoms with Crippen LogP contribution in [-0.2, 0) is 14.3 Å². The van der Waals surface area contributed by atoms with E-state index in [-0.39, 0.29) is 5.70 Å². The van der Waals surface area contributed by atoms with Crippen molar-refractivity contribution >= 4 is 39.8 Å². The van der Waals surface area contributed by atoms with E-state index in [4.69, 9.17) is 14.2 Å². The molecule has 0 spiro atoms. The number of carbonyl (C=O) groups excluding carboxylic acids is 2. The van der Waals surface area contributed by atoms with Crippen LogP contribution in [0.5, 0.6) is 11.5 Å². The summed E-state index contributed by atoms with van der Waals surface area (Å²) >= 11 is 3.33. The predicted octanol–water partition coefficient (Wildman–Crippen LogP) is 3.09. The molecule has 0 atom stereocenters. The molecule has 0 bridgehead atoms. The number of nitrogens with zero attached hydrogens (tertiary/aromatic N) is 1. The van der Waals surface area contributed by atoms with Crippen LogP contribution >= 0.6 is 15.9 Å². The Kier molecular flexibility index (Phi) is 4.97. The molecule has 0 saturated heterocycles. The summed E-state index contributed by atoms with van der Waals surface area (Å²) in [6.07, 6.45) is 1.57. The Labute approximate surface area is 135 Å². The highest BCUT2D eigenvalue weighted by Crippen LogP contribution is 2.37. The molecule has 1 aromatic rings. The molecule has 0 fully saturated rings. The lowest BCUT2D eigenvalue weighted by Gasteiger charge is -2.12. The van der Waals surface area contributed by atoms with Crippen molar-refractivity contribution in [3.8, 4) is 11.5 Å². The highest BCUT2D eigenvalue weighted by Gasteiger charge is 2.20. The van der Waals surface area contributed by atoms with Crippen molar-refractivity contribution in [1.82, 2.24) is 0 Å². The summed E-state index contributed by atoms with van der Waals surface area (Å²) in [6.45, 7) is 5.13. The van der Waals surface area contributed by atoms with E-state index in [1.165, 1.54) is 6.92 Å². The van der Waals surface area contributed by atoms with Crippen LogP contribution in [0.1, 0.15) is 26.3 Å². The third-order valence-corrected chi connectivity index (χ3v) is 3.20. The van der Waals surface area contributed by atoms with Gasteiger partial charge in [-0.15, -0.1) is 0 Å². The van der Waals surface area contributed by atoms with E-state index in [1.807, 2.05) is 6.92 Å². The van der Waals surface area contributed by atoms with Crippen LogP contribution < -0.4 is 9.47 Å². The van der Waals surface area contributed by atoms with E-state index in [0.717, 1.165) is 0 Å². The van der Waals surface area contributed by atoms with Gasteiger partial charge in [-0.3, -0.25) is 4.79 Å². The summed E-state index contributed by atoms with van der Waals surface area (Å²) in [5, 5.41) is 0. The largest absolute Gasteiger partial charge is 0.490 e. The van der Waals surface area contributed by atoms with Crippen molar-refractivity contribution in [3.05, 3.63) is 27.9 Å². The molecule has 1 heterocycles. The number of hydrogen-bond donors (Lipinski definition) is 0. The molecule has 2 rings (SSSR count). The Bertz CT molecular complexity index is 693. The lowest BCUT2D eigenvalue weighted by atomic mass is 10.1. The third-order valence-electron chi connectivity index (χ3n) is 2.61. The first kappa shape index (κ1) is 16.2. The number of ether oxygens (including phenoxy) is 3. The highest BCUT2D eigenvalue weighted by molar-refractivity contribution is 9.10. The van der Waals surface area contributed by atoms with Gasteiger partial charge >= 0.3 is 11.9 Å². The molecular weight excluding hydrogens is 354 g/mol. The number of benzene rings is 1. The lowest BCUT2D eigenvalue weighted by Crippen LogP contribution is -2.05. The Morgan fingerprint density at radius 3 is 2.73 bits per heavy atom. The molecule has 0 amide bonds. The number of esters is 2. The second-order valence-corrected chi connectivity index (χ2v) is 5.26. The van der Waals surface area contributed by atoms with Crippen LogP contribution in [0.3, 0.4) is 0 Å². The molecule has 7 heteroatoms. The molecule has 0 saturated carbocycles. The number of hydrogen-bond acceptors (Lipinski definition) is 6. The average Bonchev–Trinajstić information content (AvgIpc) is 2.72. The number of rotatable bonds is 4. The normalized spacial score (nSPS) is 15.5. The van der Waals surface area contributed by atoms with Crippen molar-refractivity contribution in [2.45, 2.75) is 20.8 Å². The maximum Gasteiger partial charge on any atom is 0.363 e. The Hall–Kier alpha value is -2.15. The van der Waals surface area contributed by atoms with E-state index in [0.29, 0.717) is 34.0 Å². The monoisotopic (exact) mass is 367 g/mol. The topological polar surface area (TPSA) is 74.2 Å². The molecule has 0 radical (unpaired) electrons. The maximum atomic E-state index is 11.6. The Morgan fingerprint density at radius 1 is 1.45 bits per heavy atom. The molecule has 0 N–H and O–H groups in total.